The number of fused-ring (bicyclic) bond motifs is 1. The third-order valence-corrected chi connectivity index (χ3v) is 2.64. The molecule has 0 radical (unpaired) electrons. The lowest BCUT2D eigenvalue weighted by molar-refractivity contribution is 0.397. The predicted molar refractivity (Wildman–Crippen MR) is 66.3 cm³/mol. The molecule has 0 spiro atoms. The molecule has 0 aromatic carbocycles. The van der Waals surface area contributed by atoms with Crippen LogP contribution < -0.4 is 15.0 Å². The molecule has 0 fully saturated rings. The molecular weight excluding hydrogens is 202 g/mol. The van der Waals surface area contributed by atoms with Crippen molar-refractivity contribution in [1.29, 1.82) is 0 Å². The van der Waals surface area contributed by atoms with Crippen LogP contribution in [0.5, 0.6) is 5.88 Å². The molecule has 0 amide bonds. The number of methoxy groups -OCH3 is 1. The van der Waals surface area contributed by atoms with E-state index in [0.717, 1.165) is 31.1 Å². The van der Waals surface area contributed by atoms with Gasteiger partial charge in [0.2, 0.25) is 5.88 Å². The molecule has 0 aliphatic carbocycles. The van der Waals surface area contributed by atoms with E-state index in [9.17, 15) is 0 Å². The van der Waals surface area contributed by atoms with Crippen molar-refractivity contribution in [3.8, 4) is 5.88 Å². The normalized spacial score (nSPS) is 14.6. The summed E-state index contributed by atoms with van der Waals surface area (Å²) in [5, 5.41) is 3.36. The summed E-state index contributed by atoms with van der Waals surface area (Å²) >= 11 is 0. The van der Waals surface area contributed by atoms with Crippen molar-refractivity contribution in [3.63, 3.8) is 0 Å². The van der Waals surface area contributed by atoms with Crippen LogP contribution in [0.1, 0.15) is 13.8 Å². The molecule has 1 aromatic rings. The highest BCUT2D eigenvalue weighted by atomic mass is 16.5. The molecular formula is C12H19N3O. The summed E-state index contributed by atoms with van der Waals surface area (Å²) in [4.78, 5) is 6.83. The molecule has 4 nitrogen and oxygen atoms in total. The fourth-order valence-electron chi connectivity index (χ4n) is 1.97. The molecule has 1 aromatic heterocycles. The molecule has 0 atom stereocenters. The smallest absolute Gasteiger partial charge is 0.215 e. The first-order valence-corrected chi connectivity index (χ1v) is 5.74. The molecule has 0 saturated carbocycles. The summed E-state index contributed by atoms with van der Waals surface area (Å²) in [5.41, 5.74) is 1.10. The van der Waals surface area contributed by atoms with Gasteiger partial charge in [-0.2, -0.15) is 4.98 Å². The second-order valence-corrected chi connectivity index (χ2v) is 4.49. The van der Waals surface area contributed by atoms with E-state index in [0.29, 0.717) is 11.8 Å². The maximum atomic E-state index is 5.17. The van der Waals surface area contributed by atoms with Gasteiger partial charge in [-0.05, 0) is 12.0 Å². The number of pyridine rings is 1. The van der Waals surface area contributed by atoms with E-state index >= 15 is 0 Å². The lowest BCUT2D eigenvalue weighted by atomic mass is 10.2. The van der Waals surface area contributed by atoms with Gasteiger partial charge in [-0.1, -0.05) is 13.8 Å². The zero-order chi connectivity index (χ0) is 11.5. The zero-order valence-corrected chi connectivity index (χ0v) is 10.2. The van der Waals surface area contributed by atoms with Crippen LogP contribution in [0.15, 0.2) is 12.1 Å². The van der Waals surface area contributed by atoms with Crippen molar-refractivity contribution in [3.05, 3.63) is 12.1 Å². The van der Waals surface area contributed by atoms with Gasteiger partial charge in [0.05, 0.1) is 12.8 Å². The number of ether oxygens (including phenoxy) is 1. The number of aromatic nitrogens is 1. The predicted octanol–water partition coefficient (Wildman–Crippen LogP) is 1.98. The number of hydrogen-bond donors (Lipinski definition) is 1. The molecule has 1 aliphatic heterocycles. The molecule has 2 heterocycles. The summed E-state index contributed by atoms with van der Waals surface area (Å²) in [6, 6.07) is 3.93. The van der Waals surface area contributed by atoms with Crippen molar-refractivity contribution in [1.82, 2.24) is 4.98 Å². The number of hydrogen-bond acceptors (Lipinski definition) is 4. The first kappa shape index (κ1) is 11.0. The third kappa shape index (κ3) is 2.21. The Labute approximate surface area is 96.6 Å². The monoisotopic (exact) mass is 221 g/mol. The van der Waals surface area contributed by atoms with Crippen LogP contribution in [0, 0.1) is 5.92 Å². The molecule has 0 unspecified atom stereocenters. The molecule has 1 N–H and O–H groups in total. The van der Waals surface area contributed by atoms with Crippen LogP contribution >= 0.6 is 0 Å². The van der Waals surface area contributed by atoms with Crippen molar-refractivity contribution < 1.29 is 4.74 Å². The van der Waals surface area contributed by atoms with E-state index in [4.69, 9.17) is 4.74 Å². The van der Waals surface area contributed by atoms with Crippen LogP contribution in [0.4, 0.5) is 11.5 Å². The molecule has 88 valence electrons. The number of rotatable bonds is 3. The molecule has 1 aliphatic rings. The minimum atomic E-state index is 0.638. The maximum Gasteiger partial charge on any atom is 0.215 e. The van der Waals surface area contributed by atoms with E-state index < -0.39 is 0 Å². The maximum absolute atomic E-state index is 5.17. The topological polar surface area (TPSA) is 37.4 Å². The quantitative estimate of drug-likeness (QED) is 0.847. The Kier molecular flexibility index (Phi) is 3.17. The minimum absolute atomic E-state index is 0.638. The average Bonchev–Trinajstić information content (AvgIpc) is 2.28. The van der Waals surface area contributed by atoms with Gasteiger partial charge in [-0.25, -0.2) is 0 Å². The van der Waals surface area contributed by atoms with Gasteiger partial charge in [0.15, 0.2) is 5.82 Å². The third-order valence-electron chi connectivity index (χ3n) is 2.64. The van der Waals surface area contributed by atoms with E-state index in [2.05, 4.69) is 29.0 Å². The lowest BCUT2D eigenvalue weighted by Crippen LogP contribution is -2.37. The van der Waals surface area contributed by atoms with Gasteiger partial charge in [0.1, 0.15) is 0 Å². The summed E-state index contributed by atoms with van der Waals surface area (Å²) in [5.74, 6) is 2.33. The Bertz CT molecular complexity index is 365. The second kappa shape index (κ2) is 4.60. The summed E-state index contributed by atoms with van der Waals surface area (Å²) in [7, 11) is 1.65. The number of anilines is 2. The number of nitrogens with one attached hydrogen (secondary N) is 1. The van der Waals surface area contributed by atoms with Crippen molar-refractivity contribution >= 4 is 11.5 Å². The van der Waals surface area contributed by atoms with Crippen LogP contribution in [0.2, 0.25) is 0 Å². The fourth-order valence-corrected chi connectivity index (χ4v) is 1.97. The SMILES string of the molecule is COc1ccc2c(n1)N(CC(C)C)CCN2. The zero-order valence-electron chi connectivity index (χ0n) is 10.2. The van der Waals surface area contributed by atoms with Crippen LogP contribution in [-0.2, 0) is 0 Å². The summed E-state index contributed by atoms with van der Waals surface area (Å²) < 4.78 is 5.17. The molecule has 2 rings (SSSR count). The van der Waals surface area contributed by atoms with Gasteiger partial charge >= 0.3 is 0 Å². The molecule has 4 heteroatoms. The fraction of sp³-hybridized carbons (Fsp3) is 0.583. The Morgan fingerprint density at radius 1 is 1.50 bits per heavy atom. The van der Waals surface area contributed by atoms with Crippen LogP contribution in [0.25, 0.3) is 0 Å². The van der Waals surface area contributed by atoms with Crippen molar-refractivity contribution in [2.24, 2.45) is 5.92 Å². The average molecular weight is 221 g/mol. The molecule has 0 saturated heterocycles. The Balaban J connectivity index is 2.28. The Morgan fingerprint density at radius 3 is 3.00 bits per heavy atom. The van der Waals surface area contributed by atoms with Gasteiger partial charge in [0.25, 0.3) is 0 Å². The van der Waals surface area contributed by atoms with Gasteiger partial charge in [-0.3, -0.25) is 0 Å². The molecule has 16 heavy (non-hydrogen) atoms. The first-order valence-electron chi connectivity index (χ1n) is 5.74. The molecule has 0 bridgehead atoms. The summed E-state index contributed by atoms with van der Waals surface area (Å²) in [6.07, 6.45) is 0. The Hall–Kier alpha value is -1.45. The standard InChI is InChI=1S/C12H19N3O/c1-9(2)8-15-7-6-13-10-4-5-11(16-3)14-12(10)15/h4-5,9,13H,6-8H2,1-3H3. The minimum Gasteiger partial charge on any atom is -0.481 e. The van der Waals surface area contributed by atoms with Crippen LogP contribution in [-0.4, -0.2) is 31.7 Å². The van der Waals surface area contributed by atoms with E-state index in [1.165, 1.54) is 0 Å². The lowest BCUT2D eigenvalue weighted by Gasteiger charge is -2.32. The van der Waals surface area contributed by atoms with Gasteiger partial charge < -0.3 is 15.0 Å². The van der Waals surface area contributed by atoms with Gasteiger partial charge in [-0.15, -0.1) is 0 Å². The highest BCUT2D eigenvalue weighted by Crippen LogP contribution is 2.29. The van der Waals surface area contributed by atoms with Crippen molar-refractivity contribution in [2.75, 3.05) is 37.0 Å². The second-order valence-electron chi connectivity index (χ2n) is 4.49. The van der Waals surface area contributed by atoms with E-state index in [-0.39, 0.29) is 0 Å². The van der Waals surface area contributed by atoms with Crippen molar-refractivity contribution in [2.45, 2.75) is 13.8 Å². The summed E-state index contributed by atoms with van der Waals surface area (Å²) in [6.45, 7) is 7.47. The van der Waals surface area contributed by atoms with E-state index in [1.807, 2.05) is 12.1 Å². The first-order chi connectivity index (χ1) is 7.70. The highest BCUT2D eigenvalue weighted by Gasteiger charge is 2.19. The van der Waals surface area contributed by atoms with Crippen LogP contribution in [0.3, 0.4) is 0 Å². The van der Waals surface area contributed by atoms with E-state index in [1.54, 1.807) is 7.11 Å². The Morgan fingerprint density at radius 2 is 2.31 bits per heavy atom. The highest BCUT2D eigenvalue weighted by molar-refractivity contribution is 5.68. The number of nitrogens with zero attached hydrogens (tertiary/aromatic N) is 2. The van der Waals surface area contributed by atoms with Gasteiger partial charge in [0, 0.05) is 25.7 Å². The largest absolute Gasteiger partial charge is 0.481 e.